The normalized spacial score (nSPS) is 21.4. The van der Waals surface area contributed by atoms with E-state index in [2.05, 4.69) is 28.4 Å². The smallest absolute Gasteiger partial charge is 0.0700 e. The van der Waals surface area contributed by atoms with Crippen molar-refractivity contribution in [2.45, 2.75) is 6.42 Å². The lowest BCUT2D eigenvalue weighted by atomic mass is 10.0. The summed E-state index contributed by atoms with van der Waals surface area (Å²) < 4.78 is 0. The fourth-order valence-electron chi connectivity index (χ4n) is 0.840. The van der Waals surface area contributed by atoms with E-state index in [4.69, 9.17) is 5.26 Å². The number of thiocarbonyl (C=S) groups is 1. The molecule has 54 valence electrons. The Kier molecular flexibility index (Phi) is 2.74. The van der Waals surface area contributed by atoms with Crippen molar-refractivity contribution in [3.05, 3.63) is 23.9 Å². The first-order valence-electron chi connectivity index (χ1n) is 3.22. The molecule has 0 saturated heterocycles. The Morgan fingerprint density at radius 2 is 2.55 bits per heavy atom. The molecule has 0 radical (unpaired) electrons. The van der Waals surface area contributed by atoms with E-state index in [1.54, 1.807) is 6.08 Å². The van der Waals surface area contributed by atoms with Gasteiger partial charge < -0.3 is 0 Å². The molecule has 11 heavy (non-hydrogen) atoms. The predicted molar refractivity (Wildman–Crippen MR) is 46.0 cm³/mol. The third kappa shape index (κ3) is 2.12. The van der Waals surface area contributed by atoms with Gasteiger partial charge in [-0.2, -0.15) is 10.3 Å². The molecule has 0 heterocycles. The molecule has 1 atom stereocenters. The zero-order valence-electron chi connectivity index (χ0n) is 5.82. The van der Waals surface area contributed by atoms with E-state index in [0.717, 1.165) is 12.1 Å². The van der Waals surface area contributed by atoms with Crippen molar-refractivity contribution in [3.8, 4) is 6.07 Å². The first kappa shape index (κ1) is 7.87. The van der Waals surface area contributed by atoms with Crippen LogP contribution in [0.4, 0.5) is 0 Å². The van der Waals surface area contributed by atoms with E-state index in [1.165, 1.54) is 0 Å². The number of aliphatic imine (C=N–C) groups is 1. The highest BCUT2D eigenvalue weighted by Crippen LogP contribution is 2.15. The van der Waals surface area contributed by atoms with Crippen LogP contribution in [0.1, 0.15) is 6.42 Å². The van der Waals surface area contributed by atoms with Crippen LogP contribution in [0.5, 0.6) is 0 Å². The van der Waals surface area contributed by atoms with Gasteiger partial charge in [0.2, 0.25) is 0 Å². The molecule has 0 amide bonds. The van der Waals surface area contributed by atoms with Gasteiger partial charge in [0.05, 0.1) is 22.8 Å². The summed E-state index contributed by atoms with van der Waals surface area (Å²) in [6.07, 6.45) is 6.22. The first-order valence-corrected chi connectivity index (χ1v) is 3.63. The summed E-state index contributed by atoms with van der Waals surface area (Å²) in [5.41, 5.74) is 0.798. The Labute approximate surface area is 70.6 Å². The third-order valence-corrected chi connectivity index (χ3v) is 1.51. The van der Waals surface area contributed by atoms with Crippen molar-refractivity contribution < 1.29 is 0 Å². The molecule has 1 aliphatic carbocycles. The summed E-state index contributed by atoms with van der Waals surface area (Å²) in [4.78, 5) is 3.78. The maximum absolute atomic E-state index is 8.51. The Balaban J connectivity index is 2.68. The van der Waals surface area contributed by atoms with E-state index in [-0.39, 0.29) is 5.92 Å². The molecular formula is C8H6N2S. The molecular weight excluding hydrogens is 156 g/mol. The van der Waals surface area contributed by atoms with Gasteiger partial charge in [-0.25, -0.2) is 0 Å². The van der Waals surface area contributed by atoms with Gasteiger partial charge in [0, 0.05) is 0 Å². The fourth-order valence-corrected chi connectivity index (χ4v) is 0.946. The van der Waals surface area contributed by atoms with Crippen molar-refractivity contribution in [1.29, 1.82) is 5.26 Å². The number of hydrogen-bond donors (Lipinski definition) is 0. The molecule has 0 bridgehead atoms. The Morgan fingerprint density at radius 3 is 3.00 bits per heavy atom. The first-order chi connectivity index (χ1) is 5.36. The summed E-state index contributed by atoms with van der Waals surface area (Å²) in [5.74, 6) is -0.000860. The van der Waals surface area contributed by atoms with E-state index in [0.29, 0.717) is 0 Å². The van der Waals surface area contributed by atoms with Crippen LogP contribution in [-0.2, 0) is 0 Å². The maximum atomic E-state index is 8.51. The molecule has 0 aliphatic heterocycles. The second-order valence-electron chi connectivity index (χ2n) is 2.16. The molecule has 0 aromatic carbocycles. The van der Waals surface area contributed by atoms with Gasteiger partial charge in [0.1, 0.15) is 0 Å². The highest BCUT2D eigenvalue weighted by Gasteiger charge is 2.05. The van der Waals surface area contributed by atoms with Gasteiger partial charge >= 0.3 is 0 Å². The Bertz CT molecular complexity index is 290. The van der Waals surface area contributed by atoms with Crippen LogP contribution in [0, 0.1) is 17.2 Å². The standard InChI is InChI=1S/C8H6N2S/c9-5-7-1-3-8(4-2-7)10-6-11/h1,3-4,7H,2H2. The summed E-state index contributed by atoms with van der Waals surface area (Å²) in [6.45, 7) is 0. The molecule has 0 spiro atoms. The van der Waals surface area contributed by atoms with Crippen LogP contribution in [0.3, 0.4) is 0 Å². The highest BCUT2D eigenvalue weighted by atomic mass is 32.1. The van der Waals surface area contributed by atoms with Crippen molar-refractivity contribution in [2.75, 3.05) is 0 Å². The second kappa shape index (κ2) is 3.82. The van der Waals surface area contributed by atoms with Crippen LogP contribution in [0.25, 0.3) is 0 Å². The van der Waals surface area contributed by atoms with Crippen LogP contribution in [0.2, 0.25) is 0 Å². The maximum Gasteiger partial charge on any atom is 0.0700 e. The lowest BCUT2D eigenvalue weighted by molar-refractivity contribution is 0.827. The lowest BCUT2D eigenvalue weighted by Crippen LogP contribution is -1.94. The lowest BCUT2D eigenvalue weighted by Gasteiger charge is -2.04. The summed E-state index contributed by atoms with van der Waals surface area (Å²) >= 11 is 4.43. The number of isothiocyanates is 1. The molecule has 0 aromatic heterocycles. The summed E-state index contributed by atoms with van der Waals surface area (Å²) in [7, 11) is 0. The molecule has 0 aromatic rings. The van der Waals surface area contributed by atoms with Crippen molar-refractivity contribution in [2.24, 2.45) is 10.9 Å². The minimum Gasteiger partial charge on any atom is -0.198 e. The predicted octanol–water partition coefficient (Wildman–Crippen LogP) is 2.07. The summed E-state index contributed by atoms with van der Waals surface area (Å²) in [6, 6.07) is 2.15. The van der Waals surface area contributed by atoms with Crippen LogP contribution < -0.4 is 0 Å². The van der Waals surface area contributed by atoms with Gasteiger partial charge in [-0.15, -0.1) is 0 Å². The molecule has 0 fully saturated rings. The van der Waals surface area contributed by atoms with E-state index in [1.807, 2.05) is 12.2 Å². The van der Waals surface area contributed by atoms with Crippen LogP contribution in [0.15, 0.2) is 28.9 Å². The largest absolute Gasteiger partial charge is 0.198 e. The van der Waals surface area contributed by atoms with E-state index < -0.39 is 0 Å². The van der Waals surface area contributed by atoms with Crippen LogP contribution in [-0.4, -0.2) is 5.16 Å². The number of nitrogens with zero attached hydrogens (tertiary/aromatic N) is 2. The van der Waals surface area contributed by atoms with Gasteiger partial charge in [-0.05, 0) is 24.7 Å². The average molecular weight is 162 g/mol. The van der Waals surface area contributed by atoms with Gasteiger partial charge in [0.25, 0.3) is 0 Å². The fraction of sp³-hybridized carbons (Fsp3) is 0.250. The minimum absolute atomic E-state index is 0.000860. The Morgan fingerprint density at radius 1 is 1.73 bits per heavy atom. The molecule has 3 heteroatoms. The SMILES string of the molecule is N#CC1C=CC(N=C=S)=CC1. The topological polar surface area (TPSA) is 36.1 Å². The highest BCUT2D eigenvalue weighted by molar-refractivity contribution is 7.78. The van der Waals surface area contributed by atoms with Gasteiger partial charge in [-0.1, -0.05) is 12.2 Å². The molecule has 2 nitrogen and oxygen atoms in total. The van der Waals surface area contributed by atoms with Crippen molar-refractivity contribution in [1.82, 2.24) is 0 Å². The average Bonchev–Trinajstić information content (AvgIpc) is 2.07. The second-order valence-corrected chi connectivity index (χ2v) is 2.35. The number of allylic oxidation sites excluding steroid dienone is 3. The zero-order valence-corrected chi connectivity index (χ0v) is 6.64. The van der Waals surface area contributed by atoms with Crippen molar-refractivity contribution >= 4 is 17.4 Å². The number of hydrogen-bond acceptors (Lipinski definition) is 3. The number of nitriles is 1. The monoisotopic (exact) mass is 162 g/mol. The van der Waals surface area contributed by atoms with Gasteiger partial charge in [0.15, 0.2) is 0 Å². The molecule has 0 N–H and O–H groups in total. The molecule has 1 unspecified atom stereocenters. The zero-order chi connectivity index (χ0) is 8.10. The van der Waals surface area contributed by atoms with Crippen molar-refractivity contribution in [3.63, 3.8) is 0 Å². The van der Waals surface area contributed by atoms with E-state index in [9.17, 15) is 0 Å². The molecule has 1 rings (SSSR count). The minimum atomic E-state index is -0.000860. The van der Waals surface area contributed by atoms with Gasteiger partial charge in [-0.3, -0.25) is 0 Å². The Hall–Kier alpha value is -1.23. The number of rotatable bonds is 1. The molecule has 0 saturated carbocycles. The third-order valence-electron chi connectivity index (χ3n) is 1.42. The molecule has 1 aliphatic rings. The quantitative estimate of drug-likeness (QED) is 0.437. The summed E-state index contributed by atoms with van der Waals surface area (Å²) in [5, 5.41) is 10.8. The van der Waals surface area contributed by atoms with Crippen LogP contribution >= 0.6 is 12.2 Å². The van der Waals surface area contributed by atoms with E-state index >= 15 is 0 Å².